The average Bonchev–Trinajstić information content (AvgIpc) is 2.30. The summed E-state index contributed by atoms with van der Waals surface area (Å²) in [5.41, 5.74) is 1.77. The molecule has 1 aliphatic heterocycles. The number of benzene rings is 1. The smallest absolute Gasteiger partial charge is 0.272 e. The lowest BCUT2D eigenvalue weighted by molar-refractivity contribution is -0.385. The molecular weight excluding hydrogens is 244 g/mol. The minimum Gasteiger partial charge on any atom is -0.378 e. The predicted octanol–water partition coefficient (Wildman–Crippen LogP) is 1.99. The SMILES string of the molecule is Cc1ccc([C@H]2COCCN2)cc1[N+](=O)[O-].Cl. The van der Waals surface area contributed by atoms with Crippen molar-refractivity contribution in [1.29, 1.82) is 0 Å². The zero-order valence-electron chi connectivity index (χ0n) is 9.51. The van der Waals surface area contributed by atoms with Gasteiger partial charge in [0.1, 0.15) is 0 Å². The van der Waals surface area contributed by atoms with Gasteiger partial charge in [0.25, 0.3) is 5.69 Å². The number of nitro benzene ring substituents is 1. The summed E-state index contributed by atoms with van der Waals surface area (Å²) in [5, 5.41) is 14.1. The second-order valence-corrected chi connectivity index (χ2v) is 3.88. The molecule has 1 saturated heterocycles. The third kappa shape index (κ3) is 3.15. The Bertz CT molecular complexity index is 406. The Hall–Kier alpha value is -1.17. The first-order valence-electron chi connectivity index (χ1n) is 5.24. The molecule has 1 aromatic rings. The molecule has 1 heterocycles. The molecule has 0 amide bonds. The van der Waals surface area contributed by atoms with Crippen LogP contribution in [0, 0.1) is 17.0 Å². The number of halogens is 1. The Labute approximate surface area is 106 Å². The Morgan fingerprint density at radius 2 is 2.29 bits per heavy atom. The van der Waals surface area contributed by atoms with Crippen molar-refractivity contribution >= 4 is 18.1 Å². The molecule has 0 bridgehead atoms. The van der Waals surface area contributed by atoms with E-state index in [2.05, 4.69) is 5.32 Å². The van der Waals surface area contributed by atoms with Crippen LogP contribution in [-0.2, 0) is 4.74 Å². The number of nitro groups is 1. The monoisotopic (exact) mass is 258 g/mol. The van der Waals surface area contributed by atoms with E-state index in [0.717, 1.165) is 12.1 Å². The van der Waals surface area contributed by atoms with Gasteiger partial charge in [-0.15, -0.1) is 12.4 Å². The fraction of sp³-hybridized carbons (Fsp3) is 0.455. The van der Waals surface area contributed by atoms with Crippen LogP contribution < -0.4 is 5.32 Å². The van der Waals surface area contributed by atoms with Crippen molar-refractivity contribution in [3.05, 3.63) is 39.4 Å². The molecule has 0 aliphatic carbocycles. The molecule has 1 atom stereocenters. The van der Waals surface area contributed by atoms with Gasteiger partial charge >= 0.3 is 0 Å². The lowest BCUT2D eigenvalue weighted by Crippen LogP contribution is -2.34. The van der Waals surface area contributed by atoms with E-state index in [0.29, 0.717) is 18.8 Å². The van der Waals surface area contributed by atoms with Gasteiger partial charge in [0, 0.05) is 18.2 Å². The van der Waals surface area contributed by atoms with Gasteiger partial charge in [0.2, 0.25) is 0 Å². The Balaban J connectivity index is 0.00000144. The summed E-state index contributed by atoms with van der Waals surface area (Å²) in [6.07, 6.45) is 0. The molecule has 5 nitrogen and oxygen atoms in total. The number of nitrogens with one attached hydrogen (secondary N) is 1. The van der Waals surface area contributed by atoms with Crippen LogP contribution in [-0.4, -0.2) is 24.7 Å². The second-order valence-electron chi connectivity index (χ2n) is 3.88. The maximum absolute atomic E-state index is 10.8. The van der Waals surface area contributed by atoms with Crippen LogP contribution in [0.3, 0.4) is 0 Å². The third-order valence-electron chi connectivity index (χ3n) is 2.75. The summed E-state index contributed by atoms with van der Waals surface area (Å²) < 4.78 is 5.33. The number of hydrogen-bond acceptors (Lipinski definition) is 4. The van der Waals surface area contributed by atoms with Crippen LogP contribution in [0.25, 0.3) is 0 Å². The highest BCUT2D eigenvalue weighted by molar-refractivity contribution is 5.85. The summed E-state index contributed by atoms with van der Waals surface area (Å²) >= 11 is 0. The van der Waals surface area contributed by atoms with Crippen LogP contribution in [0.1, 0.15) is 17.2 Å². The average molecular weight is 259 g/mol. The van der Waals surface area contributed by atoms with Crippen molar-refractivity contribution in [3.63, 3.8) is 0 Å². The Kier molecular flexibility index (Phi) is 4.86. The largest absolute Gasteiger partial charge is 0.378 e. The predicted molar refractivity (Wildman–Crippen MR) is 66.6 cm³/mol. The lowest BCUT2D eigenvalue weighted by atomic mass is 10.0. The van der Waals surface area contributed by atoms with E-state index in [1.807, 2.05) is 6.07 Å². The van der Waals surface area contributed by atoms with E-state index >= 15 is 0 Å². The van der Waals surface area contributed by atoms with Crippen LogP contribution in [0.4, 0.5) is 5.69 Å². The van der Waals surface area contributed by atoms with Gasteiger partial charge in [-0.2, -0.15) is 0 Å². The normalized spacial score (nSPS) is 19.5. The highest BCUT2D eigenvalue weighted by Crippen LogP contribution is 2.24. The number of aryl methyl sites for hydroxylation is 1. The van der Waals surface area contributed by atoms with E-state index < -0.39 is 0 Å². The van der Waals surface area contributed by atoms with Crippen LogP contribution in [0.2, 0.25) is 0 Å². The van der Waals surface area contributed by atoms with Crippen molar-refractivity contribution in [2.75, 3.05) is 19.8 Å². The minimum absolute atomic E-state index is 0. The standard InChI is InChI=1S/C11H14N2O3.ClH/c1-8-2-3-9(6-11(8)13(14)15)10-7-16-5-4-12-10;/h2-3,6,10,12H,4-5,7H2,1H3;1H/t10-;/m1./s1. The number of nitrogens with zero attached hydrogens (tertiary/aromatic N) is 1. The van der Waals surface area contributed by atoms with Gasteiger partial charge in [-0.05, 0) is 12.5 Å². The van der Waals surface area contributed by atoms with Gasteiger partial charge in [-0.3, -0.25) is 10.1 Å². The topological polar surface area (TPSA) is 64.4 Å². The number of ether oxygens (including phenoxy) is 1. The Morgan fingerprint density at radius 1 is 1.53 bits per heavy atom. The molecule has 6 heteroatoms. The van der Waals surface area contributed by atoms with Crippen LogP contribution >= 0.6 is 12.4 Å². The third-order valence-corrected chi connectivity index (χ3v) is 2.75. The molecule has 1 aromatic carbocycles. The van der Waals surface area contributed by atoms with Crippen molar-refractivity contribution in [1.82, 2.24) is 5.32 Å². The van der Waals surface area contributed by atoms with E-state index in [9.17, 15) is 10.1 Å². The summed E-state index contributed by atoms with van der Waals surface area (Å²) in [6.45, 7) is 3.80. The highest BCUT2D eigenvalue weighted by Gasteiger charge is 2.19. The molecule has 94 valence electrons. The first kappa shape index (κ1) is 13.9. The highest BCUT2D eigenvalue weighted by atomic mass is 35.5. The maximum Gasteiger partial charge on any atom is 0.272 e. The summed E-state index contributed by atoms with van der Waals surface area (Å²) in [6, 6.07) is 5.38. The van der Waals surface area contributed by atoms with Crippen LogP contribution in [0.15, 0.2) is 18.2 Å². The maximum atomic E-state index is 10.8. The molecule has 1 fully saturated rings. The van der Waals surface area contributed by atoms with Crippen molar-refractivity contribution in [2.45, 2.75) is 13.0 Å². The Morgan fingerprint density at radius 3 is 2.88 bits per heavy atom. The molecule has 1 N–H and O–H groups in total. The molecule has 2 rings (SSSR count). The number of rotatable bonds is 2. The fourth-order valence-electron chi connectivity index (χ4n) is 1.82. The van der Waals surface area contributed by atoms with Gasteiger partial charge in [0.15, 0.2) is 0 Å². The molecular formula is C11H15ClN2O3. The second kappa shape index (κ2) is 5.95. The van der Waals surface area contributed by atoms with Gasteiger partial charge in [-0.25, -0.2) is 0 Å². The molecule has 17 heavy (non-hydrogen) atoms. The van der Waals surface area contributed by atoms with E-state index in [4.69, 9.17) is 4.74 Å². The van der Waals surface area contributed by atoms with Crippen LogP contribution in [0.5, 0.6) is 0 Å². The quantitative estimate of drug-likeness (QED) is 0.651. The van der Waals surface area contributed by atoms with Gasteiger partial charge < -0.3 is 10.1 Å². The molecule has 0 unspecified atom stereocenters. The molecule has 0 spiro atoms. The molecule has 1 aliphatic rings. The van der Waals surface area contributed by atoms with Crippen molar-refractivity contribution in [2.24, 2.45) is 0 Å². The first-order valence-corrected chi connectivity index (χ1v) is 5.24. The zero-order chi connectivity index (χ0) is 11.5. The van der Waals surface area contributed by atoms with Gasteiger partial charge in [0.05, 0.1) is 24.2 Å². The summed E-state index contributed by atoms with van der Waals surface area (Å²) in [7, 11) is 0. The van der Waals surface area contributed by atoms with Gasteiger partial charge in [-0.1, -0.05) is 12.1 Å². The van der Waals surface area contributed by atoms with Crippen molar-refractivity contribution in [3.8, 4) is 0 Å². The molecule has 0 aromatic heterocycles. The zero-order valence-corrected chi connectivity index (χ0v) is 10.3. The summed E-state index contributed by atoms with van der Waals surface area (Å²) in [5.74, 6) is 0. The summed E-state index contributed by atoms with van der Waals surface area (Å²) in [4.78, 5) is 10.5. The molecule has 0 radical (unpaired) electrons. The van der Waals surface area contributed by atoms with Crippen molar-refractivity contribution < 1.29 is 9.66 Å². The first-order chi connectivity index (χ1) is 7.68. The van der Waals surface area contributed by atoms with E-state index in [1.54, 1.807) is 19.1 Å². The van der Waals surface area contributed by atoms with E-state index in [-0.39, 0.29) is 29.1 Å². The fourth-order valence-corrected chi connectivity index (χ4v) is 1.82. The number of hydrogen-bond donors (Lipinski definition) is 1. The minimum atomic E-state index is -0.345. The lowest BCUT2D eigenvalue weighted by Gasteiger charge is -2.24. The van der Waals surface area contributed by atoms with E-state index in [1.165, 1.54) is 0 Å². The number of morpholine rings is 1. The molecule has 0 saturated carbocycles.